The minimum absolute atomic E-state index is 0.244. The maximum Gasteiger partial charge on any atom is 0.291 e. The van der Waals surface area contributed by atoms with Gasteiger partial charge < -0.3 is 19.5 Å². The van der Waals surface area contributed by atoms with E-state index in [-0.39, 0.29) is 5.91 Å². The van der Waals surface area contributed by atoms with Gasteiger partial charge in [-0.25, -0.2) is 0 Å². The van der Waals surface area contributed by atoms with Crippen LogP contribution in [0.15, 0.2) is 39.4 Å². The lowest BCUT2D eigenvalue weighted by Crippen LogP contribution is -2.44. The second-order valence-corrected chi connectivity index (χ2v) is 6.63. The molecule has 0 saturated carbocycles. The van der Waals surface area contributed by atoms with Gasteiger partial charge >= 0.3 is 0 Å². The lowest BCUT2D eigenvalue weighted by Gasteiger charge is -2.34. The molecule has 1 saturated heterocycles. The van der Waals surface area contributed by atoms with E-state index < -0.39 is 0 Å². The van der Waals surface area contributed by atoms with Gasteiger partial charge in [0.25, 0.3) is 5.91 Å². The number of halogens is 1. The number of benzene rings is 1. The Balaban J connectivity index is 1.71. The standard InChI is InChI=1S/C17H20BrN3O2/c1-12-11-13(21-9-7-20(2)8-10-21)3-4-14(12)19-17(22)15-5-6-16(18)23-15/h3-6,11H,7-10H2,1-2H3,(H,19,22). The predicted molar refractivity (Wildman–Crippen MR) is 95.3 cm³/mol. The summed E-state index contributed by atoms with van der Waals surface area (Å²) in [6.07, 6.45) is 0. The largest absolute Gasteiger partial charge is 0.444 e. The normalized spacial score (nSPS) is 15.7. The lowest BCUT2D eigenvalue weighted by atomic mass is 10.1. The van der Waals surface area contributed by atoms with Gasteiger partial charge in [0.15, 0.2) is 10.4 Å². The van der Waals surface area contributed by atoms with Crippen LogP contribution in [0, 0.1) is 6.92 Å². The van der Waals surface area contributed by atoms with E-state index in [1.807, 2.05) is 13.0 Å². The first kappa shape index (κ1) is 16.1. The van der Waals surface area contributed by atoms with E-state index in [1.165, 1.54) is 5.69 Å². The fourth-order valence-corrected chi connectivity index (χ4v) is 2.98. The molecule has 0 aliphatic carbocycles. The molecule has 1 amide bonds. The first-order chi connectivity index (χ1) is 11.0. The van der Waals surface area contributed by atoms with Crippen LogP contribution >= 0.6 is 15.9 Å². The summed E-state index contributed by atoms with van der Waals surface area (Å²) < 4.78 is 5.82. The number of nitrogens with zero attached hydrogens (tertiary/aromatic N) is 2. The Hall–Kier alpha value is -1.79. The number of rotatable bonds is 3. The molecule has 5 nitrogen and oxygen atoms in total. The van der Waals surface area contributed by atoms with Crippen molar-refractivity contribution in [1.29, 1.82) is 0 Å². The van der Waals surface area contributed by atoms with Gasteiger partial charge in [0, 0.05) is 37.6 Å². The molecular formula is C17H20BrN3O2. The van der Waals surface area contributed by atoms with Gasteiger partial charge in [-0.1, -0.05) is 0 Å². The molecule has 1 aromatic heterocycles. The summed E-state index contributed by atoms with van der Waals surface area (Å²) in [6.45, 7) is 6.22. The summed E-state index contributed by atoms with van der Waals surface area (Å²) in [5.74, 6) is 0.0468. The third-order valence-corrected chi connectivity index (χ3v) is 4.55. The number of anilines is 2. The van der Waals surface area contributed by atoms with Gasteiger partial charge in [-0.3, -0.25) is 4.79 Å². The van der Waals surface area contributed by atoms with Crippen LogP contribution in [0.5, 0.6) is 0 Å². The predicted octanol–water partition coefficient (Wildman–Crippen LogP) is 3.35. The van der Waals surface area contributed by atoms with E-state index in [9.17, 15) is 4.79 Å². The topological polar surface area (TPSA) is 48.7 Å². The maximum absolute atomic E-state index is 12.2. The van der Waals surface area contributed by atoms with Gasteiger partial charge in [0.05, 0.1) is 0 Å². The van der Waals surface area contributed by atoms with Crippen LogP contribution in [0.3, 0.4) is 0 Å². The van der Waals surface area contributed by atoms with Crippen molar-refractivity contribution in [2.45, 2.75) is 6.92 Å². The number of aryl methyl sites for hydroxylation is 1. The molecule has 1 aliphatic rings. The molecule has 2 heterocycles. The van der Waals surface area contributed by atoms with Crippen LogP contribution in [-0.4, -0.2) is 44.0 Å². The van der Waals surface area contributed by atoms with Crippen molar-refractivity contribution in [2.75, 3.05) is 43.4 Å². The highest BCUT2D eigenvalue weighted by atomic mass is 79.9. The molecule has 6 heteroatoms. The molecule has 0 spiro atoms. The number of amides is 1. The van der Waals surface area contributed by atoms with E-state index in [0.29, 0.717) is 10.4 Å². The summed E-state index contributed by atoms with van der Waals surface area (Å²) in [7, 11) is 2.15. The summed E-state index contributed by atoms with van der Waals surface area (Å²) in [6, 6.07) is 9.50. The minimum atomic E-state index is -0.244. The van der Waals surface area contributed by atoms with Crippen molar-refractivity contribution in [3.63, 3.8) is 0 Å². The molecular weight excluding hydrogens is 358 g/mol. The molecule has 1 fully saturated rings. The second kappa shape index (κ2) is 6.76. The Morgan fingerprint density at radius 1 is 1.17 bits per heavy atom. The first-order valence-corrected chi connectivity index (χ1v) is 8.43. The number of likely N-dealkylation sites (N-methyl/N-ethyl adjacent to an activating group) is 1. The summed E-state index contributed by atoms with van der Waals surface area (Å²) in [5, 5.41) is 2.90. The van der Waals surface area contributed by atoms with Crippen molar-refractivity contribution >= 4 is 33.2 Å². The molecule has 0 unspecified atom stereocenters. The maximum atomic E-state index is 12.2. The van der Waals surface area contributed by atoms with Crippen molar-refractivity contribution in [3.05, 3.63) is 46.3 Å². The van der Waals surface area contributed by atoms with Crippen molar-refractivity contribution in [2.24, 2.45) is 0 Å². The third kappa shape index (κ3) is 3.76. The van der Waals surface area contributed by atoms with Gasteiger partial charge in [0.1, 0.15) is 0 Å². The molecule has 0 bridgehead atoms. The number of hydrogen-bond acceptors (Lipinski definition) is 4. The quantitative estimate of drug-likeness (QED) is 0.890. The Labute approximate surface area is 144 Å². The lowest BCUT2D eigenvalue weighted by molar-refractivity contribution is 0.0995. The monoisotopic (exact) mass is 377 g/mol. The van der Waals surface area contributed by atoms with E-state index in [1.54, 1.807) is 12.1 Å². The van der Waals surface area contributed by atoms with Gasteiger partial charge in [-0.15, -0.1) is 0 Å². The molecule has 1 aliphatic heterocycles. The smallest absolute Gasteiger partial charge is 0.291 e. The zero-order valence-corrected chi connectivity index (χ0v) is 14.9. The molecule has 122 valence electrons. The Kier molecular flexibility index (Phi) is 4.73. The number of hydrogen-bond donors (Lipinski definition) is 1. The Bertz CT molecular complexity index is 706. The van der Waals surface area contributed by atoms with Crippen molar-refractivity contribution in [1.82, 2.24) is 4.90 Å². The summed E-state index contributed by atoms with van der Waals surface area (Å²) in [5.41, 5.74) is 3.05. The number of piperazine rings is 1. The highest BCUT2D eigenvalue weighted by molar-refractivity contribution is 9.10. The fourth-order valence-electron chi connectivity index (χ4n) is 2.67. The van der Waals surface area contributed by atoms with Crippen LogP contribution in [0.25, 0.3) is 0 Å². The van der Waals surface area contributed by atoms with Crippen LogP contribution in [0.4, 0.5) is 11.4 Å². The highest BCUT2D eigenvalue weighted by Gasteiger charge is 2.16. The first-order valence-electron chi connectivity index (χ1n) is 7.64. The Morgan fingerprint density at radius 3 is 2.52 bits per heavy atom. The molecule has 1 N–H and O–H groups in total. The average molecular weight is 378 g/mol. The van der Waals surface area contributed by atoms with Crippen molar-refractivity contribution in [3.8, 4) is 0 Å². The number of carbonyl (C=O) groups is 1. The molecule has 1 aromatic carbocycles. The van der Waals surface area contributed by atoms with Crippen LogP contribution in [0.1, 0.15) is 16.1 Å². The van der Waals surface area contributed by atoms with E-state index >= 15 is 0 Å². The minimum Gasteiger partial charge on any atom is -0.444 e. The number of nitrogens with one attached hydrogen (secondary N) is 1. The third-order valence-electron chi connectivity index (χ3n) is 4.12. The summed E-state index contributed by atoms with van der Waals surface area (Å²) >= 11 is 3.20. The highest BCUT2D eigenvalue weighted by Crippen LogP contribution is 2.24. The molecule has 2 aromatic rings. The van der Waals surface area contributed by atoms with Gasteiger partial charge in [-0.2, -0.15) is 0 Å². The van der Waals surface area contributed by atoms with Crippen LogP contribution < -0.4 is 10.2 Å². The van der Waals surface area contributed by atoms with Crippen molar-refractivity contribution < 1.29 is 9.21 Å². The van der Waals surface area contributed by atoms with Gasteiger partial charge in [-0.05, 0) is 65.8 Å². The zero-order chi connectivity index (χ0) is 16.4. The van der Waals surface area contributed by atoms with Crippen LogP contribution in [0.2, 0.25) is 0 Å². The number of carbonyl (C=O) groups excluding carboxylic acids is 1. The van der Waals surface area contributed by atoms with Crippen LogP contribution in [-0.2, 0) is 0 Å². The molecule has 23 heavy (non-hydrogen) atoms. The van der Waals surface area contributed by atoms with E-state index in [4.69, 9.17) is 4.42 Å². The van der Waals surface area contributed by atoms with E-state index in [2.05, 4.69) is 50.2 Å². The summed E-state index contributed by atoms with van der Waals surface area (Å²) in [4.78, 5) is 16.9. The SMILES string of the molecule is Cc1cc(N2CCN(C)CC2)ccc1NC(=O)c1ccc(Br)o1. The zero-order valence-electron chi connectivity index (χ0n) is 13.3. The molecule has 0 atom stereocenters. The van der Waals surface area contributed by atoms with Gasteiger partial charge in [0.2, 0.25) is 0 Å². The van der Waals surface area contributed by atoms with E-state index in [0.717, 1.165) is 37.4 Å². The molecule has 3 rings (SSSR count). The Morgan fingerprint density at radius 2 is 1.91 bits per heavy atom. The molecule has 0 radical (unpaired) electrons. The fraction of sp³-hybridized carbons (Fsp3) is 0.353. The second-order valence-electron chi connectivity index (χ2n) is 5.85. The average Bonchev–Trinajstić information content (AvgIpc) is 2.97. The number of furan rings is 1.